The maximum absolute atomic E-state index is 11.1. The van der Waals surface area contributed by atoms with Gasteiger partial charge in [-0.15, -0.1) is 0 Å². The number of carbonyl (C=O) groups excluding carboxylic acids is 1. The minimum Gasteiger partial charge on any atom is -0.283 e. The Morgan fingerprint density at radius 3 is 2.00 bits per heavy atom. The van der Waals surface area contributed by atoms with Crippen molar-refractivity contribution >= 4 is 21.1 Å². The van der Waals surface area contributed by atoms with Crippen molar-refractivity contribution < 1.29 is 13.9 Å². The van der Waals surface area contributed by atoms with Crippen LogP contribution in [0.4, 0.5) is 0 Å². The Labute approximate surface area is 100 Å². The van der Waals surface area contributed by atoms with E-state index in [1.54, 1.807) is 0 Å². The predicted octanol–water partition coefficient (Wildman–Crippen LogP) is -0.696. The van der Waals surface area contributed by atoms with Gasteiger partial charge in [-0.2, -0.15) is 0 Å². The van der Waals surface area contributed by atoms with Gasteiger partial charge < -0.3 is 0 Å². The lowest BCUT2D eigenvalue weighted by molar-refractivity contribution is -0.119. The van der Waals surface area contributed by atoms with E-state index in [4.69, 9.17) is 22.0 Å². The Bertz CT molecular complexity index is 337. The molecule has 0 atom stereocenters. The summed E-state index contributed by atoms with van der Waals surface area (Å²) in [6.07, 6.45) is 2.14. The Hall–Kier alpha value is -0.270. The molecule has 1 amide bonds. The lowest BCUT2D eigenvalue weighted by Gasteiger charge is -2.09. The molecule has 0 rings (SSSR count). The van der Waals surface area contributed by atoms with Crippen LogP contribution in [0, 0.1) is 0 Å². The van der Waals surface area contributed by atoms with Crippen molar-refractivity contribution in [2.75, 3.05) is 6.54 Å². The van der Waals surface area contributed by atoms with E-state index in [9.17, 15) is 13.9 Å². The third kappa shape index (κ3) is 13.7. The predicted molar refractivity (Wildman–Crippen MR) is 66.6 cm³/mol. The molecule has 0 aromatic heterocycles. The molecule has 0 radical (unpaired) electrons. The zero-order valence-electron chi connectivity index (χ0n) is 9.46. The summed E-state index contributed by atoms with van der Waals surface area (Å²) in [7, 11) is -6.65. The molecule has 102 valence electrons. The highest BCUT2D eigenvalue weighted by molar-refractivity contribution is 7.57. The van der Waals surface area contributed by atoms with Gasteiger partial charge >= 0.3 is 0 Å². The van der Waals surface area contributed by atoms with E-state index in [0.717, 1.165) is 0 Å². The molecule has 10 N–H and O–H groups in total. The van der Waals surface area contributed by atoms with Crippen molar-refractivity contribution in [3.63, 3.8) is 0 Å². The Balaban J connectivity index is 3.50. The summed E-state index contributed by atoms with van der Waals surface area (Å²) in [5.74, 6) is -0.449. The molecule has 9 nitrogen and oxygen atoms in total. The summed E-state index contributed by atoms with van der Waals surface area (Å²) < 4.78 is 21.7. The van der Waals surface area contributed by atoms with Gasteiger partial charge in [0.25, 0.3) is 15.2 Å². The van der Waals surface area contributed by atoms with E-state index in [0.29, 0.717) is 25.8 Å². The standard InChI is InChI=1S/C6H20N6O3P2/c7-16(8,14)11-5-3-1-2-4-6(13)12-17(9,10)15/h1-5H2,(H5,7,8,11,14)(H5,9,10,12,13,15). The van der Waals surface area contributed by atoms with E-state index in [2.05, 4.69) is 5.09 Å². The summed E-state index contributed by atoms with van der Waals surface area (Å²) in [4.78, 5) is 11.1. The molecule has 17 heavy (non-hydrogen) atoms. The highest BCUT2D eigenvalue weighted by atomic mass is 31.2. The molecule has 0 aliphatic rings. The van der Waals surface area contributed by atoms with Gasteiger partial charge in [-0.3, -0.25) is 41.0 Å². The molecule has 0 aliphatic carbocycles. The van der Waals surface area contributed by atoms with Crippen LogP contribution in [-0.2, 0) is 13.9 Å². The average Bonchev–Trinajstić information content (AvgIpc) is 2.06. The van der Waals surface area contributed by atoms with Crippen LogP contribution in [0.5, 0.6) is 0 Å². The molecule has 11 heteroatoms. The van der Waals surface area contributed by atoms with Gasteiger partial charge in [0.05, 0.1) is 0 Å². The van der Waals surface area contributed by atoms with Crippen molar-refractivity contribution in [2.45, 2.75) is 25.7 Å². The van der Waals surface area contributed by atoms with Crippen LogP contribution in [0.15, 0.2) is 0 Å². The molecular formula is C6H20N6O3P2. The van der Waals surface area contributed by atoms with Crippen LogP contribution >= 0.6 is 15.2 Å². The molecule has 0 spiro atoms. The zero-order valence-corrected chi connectivity index (χ0v) is 11.3. The van der Waals surface area contributed by atoms with Gasteiger partial charge in [-0.25, -0.2) is 5.09 Å². The summed E-state index contributed by atoms with van der Waals surface area (Å²) in [5.41, 5.74) is 20.1. The van der Waals surface area contributed by atoms with Crippen molar-refractivity contribution in [3.8, 4) is 0 Å². The quantitative estimate of drug-likeness (QED) is 0.250. The summed E-state index contributed by atoms with van der Waals surface area (Å²) in [5, 5.41) is 4.48. The van der Waals surface area contributed by atoms with E-state index in [1.807, 2.05) is 5.09 Å². The number of nitrogens with two attached hydrogens (primary N) is 4. The fraction of sp³-hybridized carbons (Fsp3) is 0.833. The third-order valence-electron chi connectivity index (χ3n) is 1.74. The second-order valence-corrected chi connectivity index (χ2v) is 7.05. The number of unbranched alkanes of at least 4 members (excludes halogenated alkanes) is 2. The molecule has 0 aliphatic heterocycles. The Kier molecular flexibility index (Phi) is 7.11. The van der Waals surface area contributed by atoms with E-state index < -0.39 is 21.1 Å². The maximum Gasteiger partial charge on any atom is 0.300 e. The second kappa shape index (κ2) is 7.23. The minimum atomic E-state index is -3.49. The fourth-order valence-electron chi connectivity index (χ4n) is 1.09. The number of hydrogen-bond donors (Lipinski definition) is 6. The first kappa shape index (κ1) is 16.7. The van der Waals surface area contributed by atoms with E-state index in [-0.39, 0.29) is 6.42 Å². The Morgan fingerprint density at radius 1 is 0.941 bits per heavy atom. The summed E-state index contributed by atoms with van der Waals surface area (Å²) in [6.45, 7) is 0.415. The lowest BCUT2D eigenvalue weighted by Crippen LogP contribution is -2.28. The molecule has 0 aromatic carbocycles. The van der Waals surface area contributed by atoms with Crippen molar-refractivity contribution in [1.29, 1.82) is 0 Å². The fourth-order valence-corrected chi connectivity index (χ4v) is 2.10. The topological polar surface area (TPSA) is 179 Å². The maximum atomic E-state index is 11.1. The average molecular weight is 286 g/mol. The van der Waals surface area contributed by atoms with Crippen LogP contribution in [0.2, 0.25) is 0 Å². The number of hydrogen-bond acceptors (Lipinski definition) is 3. The second-order valence-electron chi connectivity index (χ2n) is 3.67. The molecule has 0 saturated carbocycles. The molecule has 0 fully saturated rings. The third-order valence-corrected chi connectivity index (χ3v) is 3.06. The zero-order chi connectivity index (χ0) is 13.5. The van der Waals surface area contributed by atoms with Gasteiger partial charge in [0.15, 0.2) is 0 Å². The first-order chi connectivity index (χ1) is 7.60. The molecule has 0 saturated heterocycles. The van der Waals surface area contributed by atoms with Crippen molar-refractivity contribution in [2.24, 2.45) is 22.0 Å². The highest BCUT2D eigenvalue weighted by Crippen LogP contribution is 2.18. The summed E-state index contributed by atoms with van der Waals surface area (Å²) >= 11 is 0. The number of nitrogens with one attached hydrogen (secondary N) is 2. The summed E-state index contributed by atoms with van der Waals surface area (Å²) in [6, 6.07) is 0. The van der Waals surface area contributed by atoms with Gasteiger partial charge in [-0.1, -0.05) is 6.42 Å². The van der Waals surface area contributed by atoms with Gasteiger partial charge in [-0.05, 0) is 12.8 Å². The SMILES string of the molecule is NP(N)(=O)NCCCCCC(=O)NP(N)(N)=O. The number of carbonyl (C=O) groups is 1. The number of rotatable bonds is 8. The first-order valence-corrected chi connectivity index (χ1v) is 8.70. The van der Waals surface area contributed by atoms with Crippen molar-refractivity contribution in [1.82, 2.24) is 10.2 Å². The van der Waals surface area contributed by atoms with Crippen LogP contribution in [0.3, 0.4) is 0 Å². The lowest BCUT2D eigenvalue weighted by atomic mass is 10.2. The number of amides is 1. The largest absolute Gasteiger partial charge is 0.300 e. The Morgan fingerprint density at radius 2 is 1.53 bits per heavy atom. The van der Waals surface area contributed by atoms with Crippen LogP contribution < -0.4 is 32.2 Å². The first-order valence-electron chi connectivity index (χ1n) is 5.01. The smallest absolute Gasteiger partial charge is 0.283 e. The van der Waals surface area contributed by atoms with Crippen LogP contribution in [0.25, 0.3) is 0 Å². The van der Waals surface area contributed by atoms with E-state index >= 15 is 0 Å². The van der Waals surface area contributed by atoms with Crippen LogP contribution in [0.1, 0.15) is 25.7 Å². The molecule has 0 unspecified atom stereocenters. The van der Waals surface area contributed by atoms with Gasteiger partial charge in [0.2, 0.25) is 5.91 Å². The molecular weight excluding hydrogens is 266 g/mol. The molecule has 0 heterocycles. The highest BCUT2D eigenvalue weighted by Gasteiger charge is 2.12. The molecule has 0 bridgehead atoms. The monoisotopic (exact) mass is 286 g/mol. The van der Waals surface area contributed by atoms with E-state index in [1.165, 1.54) is 0 Å². The van der Waals surface area contributed by atoms with Crippen LogP contribution in [-0.4, -0.2) is 12.5 Å². The normalized spacial score (nSPS) is 12.5. The van der Waals surface area contributed by atoms with Gasteiger partial charge in [0, 0.05) is 13.0 Å². The van der Waals surface area contributed by atoms with Crippen molar-refractivity contribution in [3.05, 3.63) is 0 Å². The minimum absolute atomic E-state index is 0.182. The van der Waals surface area contributed by atoms with Gasteiger partial charge in [0.1, 0.15) is 0 Å². The molecule has 0 aromatic rings.